The van der Waals surface area contributed by atoms with E-state index in [1.54, 1.807) is 6.08 Å². The highest BCUT2D eigenvalue weighted by atomic mass is 35.5. The summed E-state index contributed by atoms with van der Waals surface area (Å²) in [4.78, 5) is 12.7. The summed E-state index contributed by atoms with van der Waals surface area (Å²) in [7, 11) is 0. The Hall–Kier alpha value is -2.06. The van der Waals surface area contributed by atoms with Gasteiger partial charge in [-0.25, -0.2) is 4.79 Å². The molecule has 120 valence electrons. The Morgan fingerprint density at radius 1 is 1.22 bits per heavy atom. The van der Waals surface area contributed by atoms with Crippen LogP contribution in [0.25, 0.3) is 0 Å². The van der Waals surface area contributed by atoms with Gasteiger partial charge in [0.2, 0.25) is 0 Å². The van der Waals surface area contributed by atoms with E-state index in [2.05, 4.69) is 6.58 Å². The average molecular weight is 329 g/mol. The molecule has 0 fully saturated rings. The van der Waals surface area contributed by atoms with Gasteiger partial charge in [0.25, 0.3) is 0 Å². The molecule has 0 heterocycles. The van der Waals surface area contributed by atoms with Crippen molar-refractivity contribution in [1.82, 2.24) is 0 Å². The van der Waals surface area contributed by atoms with Gasteiger partial charge in [-0.15, -0.1) is 6.58 Å². The molecule has 0 spiro atoms. The number of ether oxygens (including phenoxy) is 1. The Morgan fingerprint density at radius 3 is 2.48 bits per heavy atom. The maximum atomic E-state index is 12.7. The minimum Gasteiger partial charge on any atom is -0.454 e. The van der Waals surface area contributed by atoms with Crippen LogP contribution in [0.3, 0.4) is 0 Å². The molecule has 2 rings (SSSR count). The Morgan fingerprint density at radius 2 is 1.87 bits per heavy atom. The largest absolute Gasteiger partial charge is 0.454 e. The molecular formula is C20H21ClO2. The van der Waals surface area contributed by atoms with Crippen LogP contribution in [0.2, 0.25) is 5.02 Å². The van der Waals surface area contributed by atoms with Crippen LogP contribution in [-0.2, 0) is 4.74 Å². The van der Waals surface area contributed by atoms with E-state index in [1.807, 2.05) is 57.2 Å². The molecule has 3 heteroatoms. The molecule has 0 saturated carbocycles. The lowest BCUT2D eigenvalue weighted by molar-refractivity contribution is 0.0302. The molecule has 0 saturated heterocycles. The maximum Gasteiger partial charge on any atom is 0.339 e. The predicted octanol–water partition coefficient (Wildman–Crippen LogP) is 5.74. The van der Waals surface area contributed by atoms with Gasteiger partial charge in [0, 0.05) is 11.4 Å². The molecule has 0 unspecified atom stereocenters. The minimum atomic E-state index is -0.349. The third kappa shape index (κ3) is 3.83. The predicted molar refractivity (Wildman–Crippen MR) is 95.1 cm³/mol. The lowest BCUT2D eigenvalue weighted by Gasteiger charge is -2.19. The summed E-state index contributed by atoms with van der Waals surface area (Å²) in [5, 5.41) is 0.613. The van der Waals surface area contributed by atoms with Gasteiger partial charge in [-0.2, -0.15) is 0 Å². The van der Waals surface area contributed by atoms with Crippen molar-refractivity contribution >= 4 is 17.6 Å². The molecule has 0 radical (unpaired) electrons. The number of carbonyl (C=O) groups is 1. The highest BCUT2D eigenvalue weighted by molar-refractivity contribution is 6.32. The maximum absolute atomic E-state index is 12.7. The molecule has 2 aromatic carbocycles. The van der Waals surface area contributed by atoms with E-state index < -0.39 is 0 Å². The van der Waals surface area contributed by atoms with Crippen molar-refractivity contribution in [3.63, 3.8) is 0 Å². The van der Waals surface area contributed by atoms with Gasteiger partial charge < -0.3 is 4.74 Å². The summed E-state index contributed by atoms with van der Waals surface area (Å²) in [5.41, 5.74) is 4.10. The zero-order chi connectivity index (χ0) is 17.0. The molecule has 0 aromatic heterocycles. The zero-order valence-corrected chi connectivity index (χ0v) is 14.5. The monoisotopic (exact) mass is 328 g/mol. The fourth-order valence-corrected chi connectivity index (χ4v) is 2.88. The number of hydrogen-bond acceptors (Lipinski definition) is 2. The van der Waals surface area contributed by atoms with Crippen LogP contribution in [0.15, 0.2) is 49.1 Å². The molecule has 0 bridgehead atoms. The smallest absolute Gasteiger partial charge is 0.339 e. The van der Waals surface area contributed by atoms with Crippen molar-refractivity contribution in [2.45, 2.75) is 33.3 Å². The van der Waals surface area contributed by atoms with Crippen molar-refractivity contribution in [2.24, 2.45) is 0 Å². The molecule has 0 aliphatic rings. The van der Waals surface area contributed by atoms with Crippen LogP contribution in [-0.4, -0.2) is 5.97 Å². The van der Waals surface area contributed by atoms with E-state index >= 15 is 0 Å². The Balaban J connectivity index is 2.33. The number of esters is 1. The second kappa shape index (κ2) is 7.47. The quantitative estimate of drug-likeness (QED) is 0.516. The number of carbonyl (C=O) groups excluding carboxylic acids is 1. The standard InChI is InChI=1S/C20H21ClO2/c1-5-9-17(16-10-7-6-8-11-16)23-20(22)18-13(2)12-14(3)19(21)15(18)4/h5-8,10-12,17H,1,9H2,2-4H3/t17-/m1/s1. The summed E-state index contributed by atoms with van der Waals surface area (Å²) in [6, 6.07) is 11.6. The van der Waals surface area contributed by atoms with Crippen LogP contribution in [0.1, 0.15) is 45.1 Å². The lowest BCUT2D eigenvalue weighted by atomic mass is 9.99. The minimum absolute atomic E-state index is 0.347. The van der Waals surface area contributed by atoms with Crippen LogP contribution in [0.4, 0.5) is 0 Å². The van der Waals surface area contributed by atoms with Gasteiger partial charge in [-0.05, 0) is 43.0 Å². The van der Waals surface area contributed by atoms with E-state index in [1.165, 1.54) is 0 Å². The van der Waals surface area contributed by atoms with Gasteiger partial charge in [0.05, 0.1) is 5.56 Å². The van der Waals surface area contributed by atoms with E-state index in [9.17, 15) is 4.79 Å². The SMILES string of the molecule is C=CC[C@@H](OC(=O)c1c(C)cc(C)c(Cl)c1C)c1ccccc1. The van der Waals surface area contributed by atoms with Gasteiger partial charge in [0.15, 0.2) is 0 Å². The van der Waals surface area contributed by atoms with E-state index in [4.69, 9.17) is 16.3 Å². The summed E-state index contributed by atoms with van der Waals surface area (Å²) < 4.78 is 5.75. The van der Waals surface area contributed by atoms with Gasteiger partial charge >= 0.3 is 5.97 Å². The van der Waals surface area contributed by atoms with Gasteiger partial charge in [-0.3, -0.25) is 0 Å². The average Bonchev–Trinajstić information content (AvgIpc) is 2.53. The number of hydrogen-bond donors (Lipinski definition) is 0. The summed E-state index contributed by atoms with van der Waals surface area (Å²) in [6.07, 6.45) is 1.97. The normalized spacial score (nSPS) is 11.8. The molecule has 2 nitrogen and oxygen atoms in total. The van der Waals surface area contributed by atoms with E-state index in [-0.39, 0.29) is 12.1 Å². The van der Waals surface area contributed by atoms with Crippen LogP contribution >= 0.6 is 11.6 Å². The zero-order valence-electron chi connectivity index (χ0n) is 13.7. The number of benzene rings is 2. The Labute approximate surface area is 142 Å². The number of aryl methyl sites for hydroxylation is 2. The molecular weight excluding hydrogens is 308 g/mol. The highest BCUT2D eigenvalue weighted by Gasteiger charge is 2.21. The van der Waals surface area contributed by atoms with Crippen LogP contribution < -0.4 is 0 Å². The summed E-state index contributed by atoms with van der Waals surface area (Å²) in [6.45, 7) is 9.44. The number of halogens is 1. The third-order valence-corrected chi connectivity index (χ3v) is 4.46. The Kier molecular flexibility index (Phi) is 5.62. The van der Waals surface area contributed by atoms with Gasteiger partial charge in [0.1, 0.15) is 6.10 Å². The lowest BCUT2D eigenvalue weighted by Crippen LogP contribution is -2.14. The van der Waals surface area contributed by atoms with Crippen molar-refractivity contribution in [2.75, 3.05) is 0 Å². The third-order valence-electron chi connectivity index (χ3n) is 3.88. The van der Waals surface area contributed by atoms with Crippen molar-refractivity contribution in [3.05, 3.63) is 81.9 Å². The fourth-order valence-electron chi connectivity index (χ4n) is 2.74. The molecule has 0 aliphatic heterocycles. The second-order valence-corrected chi connectivity index (χ2v) is 6.03. The van der Waals surface area contributed by atoms with Gasteiger partial charge in [-0.1, -0.05) is 54.1 Å². The topological polar surface area (TPSA) is 26.3 Å². The molecule has 2 aromatic rings. The Bertz CT molecular complexity index is 720. The molecule has 0 amide bonds. The molecule has 0 aliphatic carbocycles. The van der Waals surface area contributed by atoms with E-state index in [0.29, 0.717) is 17.0 Å². The summed E-state index contributed by atoms with van der Waals surface area (Å²) >= 11 is 6.29. The van der Waals surface area contributed by atoms with Crippen LogP contribution in [0, 0.1) is 20.8 Å². The van der Waals surface area contributed by atoms with Crippen molar-refractivity contribution in [3.8, 4) is 0 Å². The first kappa shape index (κ1) is 17.3. The summed E-state index contributed by atoms with van der Waals surface area (Å²) in [5.74, 6) is -0.349. The molecule has 23 heavy (non-hydrogen) atoms. The van der Waals surface area contributed by atoms with E-state index in [0.717, 1.165) is 22.3 Å². The van der Waals surface area contributed by atoms with Crippen molar-refractivity contribution < 1.29 is 9.53 Å². The number of rotatable bonds is 5. The first-order valence-electron chi connectivity index (χ1n) is 7.58. The highest BCUT2D eigenvalue weighted by Crippen LogP contribution is 2.29. The first-order valence-corrected chi connectivity index (χ1v) is 7.96. The molecule has 0 N–H and O–H groups in total. The van der Waals surface area contributed by atoms with Crippen molar-refractivity contribution in [1.29, 1.82) is 0 Å². The fraction of sp³-hybridized carbons (Fsp3) is 0.250. The molecule has 1 atom stereocenters. The second-order valence-electron chi connectivity index (χ2n) is 5.65. The van der Waals surface area contributed by atoms with Crippen LogP contribution in [0.5, 0.6) is 0 Å². The first-order chi connectivity index (χ1) is 11.0.